The molecule has 0 spiro atoms. The summed E-state index contributed by atoms with van der Waals surface area (Å²) in [4.78, 5) is 11.9. The summed E-state index contributed by atoms with van der Waals surface area (Å²) in [6.07, 6.45) is 4.48. The quantitative estimate of drug-likeness (QED) is 0.583. The van der Waals surface area contributed by atoms with Crippen molar-refractivity contribution in [3.63, 3.8) is 0 Å². The van der Waals surface area contributed by atoms with Crippen LogP contribution in [0.1, 0.15) is 87.7 Å². The second-order valence-corrected chi connectivity index (χ2v) is 10.3. The van der Waals surface area contributed by atoms with Gasteiger partial charge in [0.05, 0.1) is 11.5 Å². The summed E-state index contributed by atoms with van der Waals surface area (Å²) in [7, 11) is 0. The number of aliphatic carboxylic acids is 1. The van der Waals surface area contributed by atoms with Crippen molar-refractivity contribution < 1.29 is 15.0 Å². The summed E-state index contributed by atoms with van der Waals surface area (Å²) in [6.45, 7) is 9.04. The predicted molar refractivity (Wildman–Crippen MR) is 130 cm³/mol. The number of carboxylic acid groups (broad SMARTS) is 1. The van der Waals surface area contributed by atoms with Gasteiger partial charge in [-0.3, -0.25) is 4.79 Å². The maximum Gasteiger partial charge on any atom is 0.309 e. The normalized spacial score (nSPS) is 27.5. The molecule has 0 aromatic heterocycles. The third-order valence-electron chi connectivity index (χ3n) is 7.94. The van der Waals surface area contributed by atoms with E-state index in [0.29, 0.717) is 5.92 Å². The molecule has 4 nitrogen and oxygen atoms in total. The Labute approximate surface area is 192 Å². The molecule has 0 saturated heterocycles. The fourth-order valence-corrected chi connectivity index (χ4v) is 5.94. The van der Waals surface area contributed by atoms with E-state index in [1.807, 2.05) is 37.3 Å². The lowest BCUT2D eigenvalue weighted by Crippen LogP contribution is -2.52. The molecule has 4 rings (SSSR count). The van der Waals surface area contributed by atoms with Crippen molar-refractivity contribution in [3.8, 4) is 0 Å². The second-order valence-electron chi connectivity index (χ2n) is 10.3. The van der Waals surface area contributed by atoms with Crippen molar-refractivity contribution in [2.75, 3.05) is 6.54 Å². The zero-order chi connectivity index (χ0) is 23.5. The molecule has 0 unspecified atom stereocenters. The second kappa shape index (κ2) is 9.76. The van der Waals surface area contributed by atoms with E-state index in [2.05, 4.69) is 39.0 Å². The minimum Gasteiger partial charge on any atom is -0.481 e. The van der Waals surface area contributed by atoms with E-state index in [4.69, 9.17) is 5.73 Å². The summed E-state index contributed by atoms with van der Waals surface area (Å²) < 4.78 is 0. The molecule has 2 aromatic carbocycles. The van der Waals surface area contributed by atoms with Crippen LogP contribution in [0.4, 0.5) is 0 Å². The number of hydrogen-bond acceptors (Lipinski definition) is 3. The first-order valence-corrected chi connectivity index (χ1v) is 11.9. The van der Waals surface area contributed by atoms with Crippen molar-refractivity contribution in [2.24, 2.45) is 17.1 Å². The standard InChI is InChI=1S/C20H28O2.C8H11NO/c1-13(2)14-6-8-16-15(12-14)7-9-17-19(16,3)10-5-11-20(17,4)18(21)22;9-6-8(10)7-4-2-1-3-5-7/h6,8,12-13,17H,5,7,9-11H2,1-4H3,(H,21,22);1-5,8,10H,6,9H2/t17-,19-,20-;8-/m11/s1. The van der Waals surface area contributed by atoms with Gasteiger partial charge in [0.2, 0.25) is 0 Å². The SMILES string of the molecule is CC(C)c1ccc2c(c1)CC[C@H]1[C@](C)(C(=O)O)CCC[C@]21C.NC[C@@H](O)c1ccccc1. The summed E-state index contributed by atoms with van der Waals surface area (Å²) in [5.41, 5.74) is 9.86. The van der Waals surface area contributed by atoms with E-state index in [9.17, 15) is 15.0 Å². The summed E-state index contributed by atoms with van der Waals surface area (Å²) in [6, 6.07) is 16.3. The number of aliphatic hydroxyl groups is 1. The van der Waals surface area contributed by atoms with Crippen molar-refractivity contribution in [1.29, 1.82) is 0 Å². The number of rotatable bonds is 4. The predicted octanol–water partition coefficient (Wildman–Crippen LogP) is 5.58. The molecule has 0 radical (unpaired) electrons. The average molecular weight is 438 g/mol. The van der Waals surface area contributed by atoms with Crippen molar-refractivity contribution >= 4 is 5.97 Å². The van der Waals surface area contributed by atoms with E-state index in [-0.39, 0.29) is 17.9 Å². The highest BCUT2D eigenvalue weighted by molar-refractivity contribution is 5.75. The highest BCUT2D eigenvalue weighted by atomic mass is 16.4. The van der Waals surface area contributed by atoms with Crippen LogP contribution in [0.2, 0.25) is 0 Å². The molecule has 4 heteroatoms. The Morgan fingerprint density at radius 3 is 2.38 bits per heavy atom. The molecular weight excluding hydrogens is 398 g/mol. The number of carbonyl (C=O) groups is 1. The topological polar surface area (TPSA) is 83.5 Å². The third kappa shape index (κ3) is 4.62. The Morgan fingerprint density at radius 1 is 1.09 bits per heavy atom. The van der Waals surface area contributed by atoms with Gasteiger partial charge in [-0.25, -0.2) is 0 Å². The third-order valence-corrected chi connectivity index (χ3v) is 7.94. The molecule has 4 N–H and O–H groups in total. The number of benzene rings is 2. The molecule has 0 bridgehead atoms. The lowest BCUT2D eigenvalue weighted by Gasteiger charge is -2.53. The van der Waals surface area contributed by atoms with Gasteiger partial charge in [-0.05, 0) is 72.1 Å². The van der Waals surface area contributed by atoms with E-state index in [1.165, 1.54) is 16.7 Å². The van der Waals surface area contributed by atoms with Crippen LogP contribution in [0.3, 0.4) is 0 Å². The highest BCUT2D eigenvalue weighted by Gasteiger charge is 2.55. The van der Waals surface area contributed by atoms with Gasteiger partial charge in [0.1, 0.15) is 0 Å². The van der Waals surface area contributed by atoms with Crippen LogP contribution in [0.15, 0.2) is 48.5 Å². The minimum absolute atomic E-state index is 0.0223. The first-order valence-electron chi connectivity index (χ1n) is 11.9. The Hall–Kier alpha value is -2.17. The van der Waals surface area contributed by atoms with Gasteiger partial charge in [-0.15, -0.1) is 0 Å². The summed E-state index contributed by atoms with van der Waals surface area (Å²) in [5.74, 6) is 0.195. The van der Waals surface area contributed by atoms with E-state index < -0.39 is 17.5 Å². The fraction of sp³-hybridized carbons (Fsp3) is 0.536. The molecular formula is C28H39NO3. The summed E-state index contributed by atoms with van der Waals surface area (Å²) >= 11 is 0. The maximum absolute atomic E-state index is 11.9. The van der Waals surface area contributed by atoms with Crippen molar-refractivity contribution in [1.82, 2.24) is 0 Å². The van der Waals surface area contributed by atoms with Crippen LogP contribution in [0, 0.1) is 11.3 Å². The molecule has 4 atom stereocenters. The van der Waals surface area contributed by atoms with Gasteiger partial charge in [-0.2, -0.15) is 0 Å². The fourth-order valence-electron chi connectivity index (χ4n) is 5.94. The largest absolute Gasteiger partial charge is 0.481 e. The van der Waals surface area contributed by atoms with Gasteiger partial charge in [0.25, 0.3) is 0 Å². The smallest absolute Gasteiger partial charge is 0.309 e. The minimum atomic E-state index is -0.606. The Balaban J connectivity index is 0.000000243. The molecule has 1 fully saturated rings. The van der Waals surface area contributed by atoms with Gasteiger partial charge in [-0.1, -0.05) is 75.7 Å². The molecule has 32 heavy (non-hydrogen) atoms. The van der Waals surface area contributed by atoms with E-state index in [0.717, 1.165) is 37.7 Å². The van der Waals surface area contributed by atoms with Gasteiger partial charge >= 0.3 is 5.97 Å². The molecule has 2 aliphatic carbocycles. The number of hydrogen-bond donors (Lipinski definition) is 3. The lowest BCUT2D eigenvalue weighted by molar-refractivity contribution is -0.157. The summed E-state index contributed by atoms with van der Waals surface area (Å²) in [5, 5.41) is 19.0. The molecule has 0 amide bonds. The zero-order valence-electron chi connectivity index (χ0n) is 20.0. The molecule has 0 aliphatic heterocycles. The van der Waals surface area contributed by atoms with Crippen LogP contribution >= 0.6 is 0 Å². The van der Waals surface area contributed by atoms with E-state index >= 15 is 0 Å². The van der Waals surface area contributed by atoms with Gasteiger partial charge in [0.15, 0.2) is 0 Å². The van der Waals surface area contributed by atoms with Crippen LogP contribution in [-0.4, -0.2) is 22.7 Å². The lowest BCUT2D eigenvalue weighted by atomic mass is 9.50. The van der Waals surface area contributed by atoms with Gasteiger partial charge in [0, 0.05) is 6.54 Å². The molecule has 0 heterocycles. The maximum atomic E-state index is 11.9. The molecule has 2 aliphatic rings. The van der Waals surface area contributed by atoms with Crippen LogP contribution in [0.25, 0.3) is 0 Å². The Kier molecular flexibility index (Phi) is 7.46. The Bertz CT molecular complexity index is 926. The highest BCUT2D eigenvalue weighted by Crippen LogP contribution is 2.57. The molecule has 1 saturated carbocycles. The number of fused-ring (bicyclic) bond motifs is 3. The molecule has 2 aromatic rings. The van der Waals surface area contributed by atoms with Crippen LogP contribution in [-0.2, 0) is 16.6 Å². The number of aryl methyl sites for hydroxylation is 1. The number of carboxylic acids is 1. The number of nitrogens with two attached hydrogens (primary N) is 1. The first-order chi connectivity index (χ1) is 15.1. The van der Waals surface area contributed by atoms with Crippen molar-refractivity contribution in [3.05, 3.63) is 70.8 Å². The molecule has 174 valence electrons. The van der Waals surface area contributed by atoms with Crippen molar-refractivity contribution in [2.45, 2.75) is 77.2 Å². The number of aliphatic hydroxyl groups excluding tert-OH is 1. The van der Waals surface area contributed by atoms with Gasteiger partial charge < -0.3 is 15.9 Å². The Morgan fingerprint density at radius 2 is 1.78 bits per heavy atom. The average Bonchev–Trinajstić information content (AvgIpc) is 2.79. The van der Waals surface area contributed by atoms with Crippen LogP contribution < -0.4 is 5.73 Å². The van der Waals surface area contributed by atoms with Crippen LogP contribution in [0.5, 0.6) is 0 Å². The van der Waals surface area contributed by atoms with E-state index in [1.54, 1.807) is 0 Å². The first kappa shape index (κ1) is 24.5. The monoisotopic (exact) mass is 437 g/mol. The zero-order valence-corrected chi connectivity index (χ0v) is 20.0.